The number of hydrogen-bond donors (Lipinski definition) is 1. The standard InChI is InChI=1S/C14H15N5O2/c1-19(14(20)11-5-3-7-16-11)9-12-17-13(18-21-12)10-4-2-6-15-8-10/h2-6,8,11,16H,7,9H2,1H3. The first kappa shape index (κ1) is 13.4. The molecule has 1 amide bonds. The monoisotopic (exact) mass is 285 g/mol. The van der Waals surface area contributed by atoms with Crippen LogP contribution in [0.3, 0.4) is 0 Å². The number of carbonyl (C=O) groups is 1. The van der Waals surface area contributed by atoms with Crippen LogP contribution in [-0.2, 0) is 11.3 Å². The molecule has 1 aliphatic heterocycles. The minimum Gasteiger partial charge on any atom is -0.337 e. The van der Waals surface area contributed by atoms with Crippen molar-refractivity contribution >= 4 is 5.91 Å². The first-order chi connectivity index (χ1) is 10.2. The van der Waals surface area contributed by atoms with E-state index in [4.69, 9.17) is 4.52 Å². The van der Waals surface area contributed by atoms with E-state index < -0.39 is 0 Å². The third-order valence-electron chi connectivity index (χ3n) is 3.19. The van der Waals surface area contributed by atoms with Crippen molar-refractivity contribution in [3.05, 3.63) is 42.6 Å². The van der Waals surface area contributed by atoms with Gasteiger partial charge in [0.15, 0.2) is 0 Å². The Balaban J connectivity index is 1.67. The molecule has 1 atom stereocenters. The molecule has 0 fully saturated rings. The van der Waals surface area contributed by atoms with Crippen LogP contribution < -0.4 is 5.32 Å². The first-order valence-corrected chi connectivity index (χ1v) is 6.62. The molecule has 1 N–H and O–H groups in total. The van der Waals surface area contributed by atoms with E-state index in [1.54, 1.807) is 30.4 Å². The van der Waals surface area contributed by atoms with Gasteiger partial charge in [0.05, 0.1) is 6.54 Å². The molecule has 2 aromatic heterocycles. The lowest BCUT2D eigenvalue weighted by Crippen LogP contribution is -2.41. The zero-order chi connectivity index (χ0) is 14.7. The average molecular weight is 285 g/mol. The highest BCUT2D eigenvalue weighted by Gasteiger charge is 2.22. The van der Waals surface area contributed by atoms with Crippen molar-refractivity contribution in [1.82, 2.24) is 25.3 Å². The summed E-state index contributed by atoms with van der Waals surface area (Å²) >= 11 is 0. The lowest BCUT2D eigenvalue weighted by molar-refractivity contribution is -0.131. The van der Waals surface area contributed by atoms with Crippen molar-refractivity contribution in [2.45, 2.75) is 12.6 Å². The molecule has 0 aliphatic carbocycles. The van der Waals surface area contributed by atoms with E-state index >= 15 is 0 Å². The Labute approximate surface area is 121 Å². The SMILES string of the molecule is CN(Cc1nc(-c2cccnc2)no1)C(=O)C1C=CCN1. The molecule has 0 radical (unpaired) electrons. The van der Waals surface area contributed by atoms with Gasteiger partial charge in [0, 0.05) is 31.5 Å². The molecule has 3 rings (SSSR count). The fourth-order valence-electron chi connectivity index (χ4n) is 2.09. The smallest absolute Gasteiger partial charge is 0.246 e. The largest absolute Gasteiger partial charge is 0.337 e. The van der Waals surface area contributed by atoms with E-state index in [1.165, 1.54) is 0 Å². The third kappa shape index (κ3) is 2.97. The van der Waals surface area contributed by atoms with Gasteiger partial charge in [0.1, 0.15) is 6.04 Å². The van der Waals surface area contributed by atoms with Crippen molar-refractivity contribution < 1.29 is 9.32 Å². The summed E-state index contributed by atoms with van der Waals surface area (Å²) in [5.74, 6) is 0.842. The van der Waals surface area contributed by atoms with Crippen LogP contribution in [0, 0.1) is 0 Å². The summed E-state index contributed by atoms with van der Waals surface area (Å²) in [5, 5.41) is 6.98. The van der Waals surface area contributed by atoms with E-state index in [0.717, 1.165) is 12.1 Å². The molecular weight excluding hydrogens is 270 g/mol. The highest BCUT2D eigenvalue weighted by atomic mass is 16.5. The second-order valence-electron chi connectivity index (χ2n) is 4.76. The van der Waals surface area contributed by atoms with Gasteiger partial charge in [-0.3, -0.25) is 15.1 Å². The summed E-state index contributed by atoms with van der Waals surface area (Å²) < 4.78 is 5.18. The maximum absolute atomic E-state index is 12.1. The van der Waals surface area contributed by atoms with Gasteiger partial charge in [-0.05, 0) is 12.1 Å². The van der Waals surface area contributed by atoms with Gasteiger partial charge in [-0.1, -0.05) is 17.3 Å². The number of likely N-dealkylation sites (N-methyl/N-ethyl adjacent to an activating group) is 1. The van der Waals surface area contributed by atoms with Crippen molar-refractivity contribution in [1.29, 1.82) is 0 Å². The Kier molecular flexibility index (Phi) is 3.74. The summed E-state index contributed by atoms with van der Waals surface area (Å²) in [6.45, 7) is 0.994. The molecular formula is C14H15N5O2. The molecule has 7 heteroatoms. The van der Waals surface area contributed by atoms with Gasteiger partial charge < -0.3 is 9.42 Å². The van der Waals surface area contributed by atoms with Crippen molar-refractivity contribution in [3.8, 4) is 11.4 Å². The Hall–Kier alpha value is -2.54. The number of hydrogen-bond acceptors (Lipinski definition) is 6. The fourth-order valence-corrected chi connectivity index (χ4v) is 2.09. The second-order valence-corrected chi connectivity index (χ2v) is 4.76. The minimum absolute atomic E-state index is 0.0233. The molecule has 0 saturated heterocycles. The third-order valence-corrected chi connectivity index (χ3v) is 3.19. The Bertz CT molecular complexity index is 652. The zero-order valence-electron chi connectivity index (χ0n) is 11.6. The van der Waals surface area contributed by atoms with Crippen LogP contribution >= 0.6 is 0 Å². The number of nitrogens with zero attached hydrogens (tertiary/aromatic N) is 4. The Morgan fingerprint density at radius 1 is 1.57 bits per heavy atom. The number of carbonyl (C=O) groups excluding carboxylic acids is 1. The summed E-state index contributed by atoms with van der Waals surface area (Å²) in [5.41, 5.74) is 0.780. The van der Waals surface area contributed by atoms with E-state index in [0.29, 0.717) is 11.7 Å². The van der Waals surface area contributed by atoms with Gasteiger partial charge in [-0.15, -0.1) is 0 Å². The van der Waals surface area contributed by atoms with Crippen molar-refractivity contribution in [3.63, 3.8) is 0 Å². The molecule has 21 heavy (non-hydrogen) atoms. The second kappa shape index (κ2) is 5.84. The van der Waals surface area contributed by atoms with Crippen LogP contribution in [-0.4, -0.2) is 45.6 Å². The van der Waals surface area contributed by atoms with Gasteiger partial charge in [0.2, 0.25) is 17.6 Å². The quantitative estimate of drug-likeness (QED) is 0.829. The van der Waals surface area contributed by atoms with Gasteiger partial charge in [-0.25, -0.2) is 0 Å². The molecule has 2 aromatic rings. The summed E-state index contributed by atoms with van der Waals surface area (Å²) in [6, 6.07) is 3.39. The van der Waals surface area contributed by atoms with Gasteiger partial charge in [-0.2, -0.15) is 4.98 Å². The highest BCUT2D eigenvalue weighted by molar-refractivity contribution is 5.84. The topological polar surface area (TPSA) is 84.2 Å². The number of nitrogens with one attached hydrogen (secondary N) is 1. The molecule has 0 bridgehead atoms. The van der Waals surface area contributed by atoms with Crippen LogP contribution in [0.25, 0.3) is 11.4 Å². The molecule has 0 aromatic carbocycles. The zero-order valence-corrected chi connectivity index (χ0v) is 11.6. The van der Waals surface area contributed by atoms with Crippen LogP contribution in [0.15, 0.2) is 41.2 Å². The van der Waals surface area contributed by atoms with E-state index in [1.807, 2.05) is 18.2 Å². The fraction of sp³-hybridized carbons (Fsp3) is 0.286. The van der Waals surface area contributed by atoms with Crippen LogP contribution in [0.2, 0.25) is 0 Å². The lowest BCUT2D eigenvalue weighted by Gasteiger charge is -2.18. The van der Waals surface area contributed by atoms with E-state index in [2.05, 4.69) is 20.4 Å². The first-order valence-electron chi connectivity index (χ1n) is 6.62. The minimum atomic E-state index is -0.268. The van der Waals surface area contributed by atoms with Crippen LogP contribution in [0.1, 0.15) is 5.89 Å². The number of rotatable bonds is 4. The number of amides is 1. The van der Waals surface area contributed by atoms with Gasteiger partial charge in [0.25, 0.3) is 0 Å². The summed E-state index contributed by atoms with van der Waals surface area (Å²) in [6.07, 6.45) is 7.13. The molecule has 108 valence electrons. The van der Waals surface area contributed by atoms with Gasteiger partial charge >= 0.3 is 0 Å². The Morgan fingerprint density at radius 2 is 2.48 bits per heavy atom. The number of aromatic nitrogens is 3. The molecule has 0 saturated carbocycles. The van der Waals surface area contributed by atoms with Crippen molar-refractivity contribution in [2.24, 2.45) is 0 Å². The summed E-state index contributed by atoms with van der Waals surface area (Å²) in [7, 11) is 1.71. The predicted molar refractivity (Wildman–Crippen MR) is 74.9 cm³/mol. The molecule has 1 aliphatic rings. The molecule has 3 heterocycles. The maximum atomic E-state index is 12.1. The predicted octanol–water partition coefficient (Wildman–Crippen LogP) is 0.618. The Morgan fingerprint density at radius 3 is 3.19 bits per heavy atom. The van der Waals surface area contributed by atoms with Crippen LogP contribution in [0.4, 0.5) is 0 Å². The molecule has 1 unspecified atom stereocenters. The van der Waals surface area contributed by atoms with Crippen molar-refractivity contribution in [2.75, 3.05) is 13.6 Å². The summed E-state index contributed by atoms with van der Waals surface area (Å²) in [4.78, 5) is 22.0. The molecule has 0 spiro atoms. The van der Waals surface area contributed by atoms with E-state index in [9.17, 15) is 4.79 Å². The molecule has 7 nitrogen and oxygen atoms in total. The van der Waals surface area contributed by atoms with E-state index in [-0.39, 0.29) is 18.5 Å². The van der Waals surface area contributed by atoms with Crippen LogP contribution in [0.5, 0.6) is 0 Å². The number of pyridine rings is 1. The average Bonchev–Trinajstić information content (AvgIpc) is 3.19. The lowest BCUT2D eigenvalue weighted by atomic mass is 10.2. The maximum Gasteiger partial charge on any atom is 0.246 e. The normalized spacial score (nSPS) is 17.1. The highest BCUT2D eigenvalue weighted by Crippen LogP contribution is 2.14.